The molecular formula is C75H142O17P2. The van der Waals surface area contributed by atoms with Gasteiger partial charge in [-0.25, -0.2) is 9.13 Å². The lowest BCUT2D eigenvalue weighted by Gasteiger charge is -2.21. The van der Waals surface area contributed by atoms with Crippen LogP contribution in [0.15, 0.2) is 24.3 Å². The molecule has 0 heterocycles. The molecule has 0 fully saturated rings. The summed E-state index contributed by atoms with van der Waals surface area (Å²) in [5.41, 5.74) is 0. The summed E-state index contributed by atoms with van der Waals surface area (Å²) in [7, 11) is -9.92. The molecule has 0 bridgehead atoms. The monoisotopic (exact) mass is 1380 g/mol. The van der Waals surface area contributed by atoms with Crippen LogP contribution in [0.2, 0.25) is 0 Å². The Morgan fingerprint density at radius 2 is 0.574 bits per heavy atom. The fourth-order valence-electron chi connectivity index (χ4n) is 11.0. The Balaban J connectivity index is 5.30. The first-order valence-electron chi connectivity index (χ1n) is 38.5. The molecule has 0 spiro atoms. The van der Waals surface area contributed by atoms with E-state index in [0.29, 0.717) is 25.7 Å². The van der Waals surface area contributed by atoms with Gasteiger partial charge in [-0.05, 0) is 57.3 Å². The minimum Gasteiger partial charge on any atom is -0.462 e. The summed E-state index contributed by atoms with van der Waals surface area (Å²) in [4.78, 5) is 72.8. The van der Waals surface area contributed by atoms with Gasteiger partial charge < -0.3 is 33.8 Å². The van der Waals surface area contributed by atoms with Gasteiger partial charge >= 0.3 is 39.5 Å². The minimum absolute atomic E-state index is 0.0856. The molecule has 3 N–H and O–H groups in total. The van der Waals surface area contributed by atoms with E-state index in [1.807, 2.05) is 0 Å². The smallest absolute Gasteiger partial charge is 0.462 e. The molecule has 0 aliphatic rings. The molecule has 0 aromatic carbocycles. The van der Waals surface area contributed by atoms with Crippen LogP contribution in [0, 0.1) is 5.92 Å². The predicted octanol–water partition coefficient (Wildman–Crippen LogP) is 21.6. The summed E-state index contributed by atoms with van der Waals surface area (Å²) in [6.45, 7) is 7.19. The van der Waals surface area contributed by atoms with Crippen molar-refractivity contribution in [1.82, 2.24) is 0 Å². The van der Waals surface area contributed by atoms with Crippen LogP contribution in [0.4, 0.5) is 0 Å². The summed E-state index contributed by atoms with van der Waals surface area (Å²) in [6, 6.07) is 0. The zero-order valence-corrected chi connectivity index (χ0v) is 62.4. The van der Waals surface area contributed by atoms with Gasteiger partial charge in [0.25, 0.3) is 0 Å². The van der Waals surface area contributed by atoms with Gasteiger partial charge in [-0.15, -0.1) is 0 Å². The lowest BCUT2D eigenvalue weighted by Crippen LogP contribution is -2.30. The molecule has 554 valence electrons. The summed E-state index contributed by atoms with van der Waals surface area (Å²) in [5.74, 6) is -1.42. The van der Waals surface area contributed by atoms with Crippen LogP contribution in [0.1, 0.15) is 369 Å². The standard InChI is InChI=1S/C75H142O17P2/c1-6-9-12-15-18-21-24-27-30-33-36-39-46-51-56-61-75(80)91-70(64-85-72(77)58-53-48-43-37-34-31-28-25-22-19-16-13-10-7-2)66-89-93(81,82)87-62-69(76)63-88-94(83,84)90-67-71(65-86-73(78)59-54-49-44-41-40-42-47-52-57-68(4)5)92-74(79)60-55-50-45-38-35-32-29-26-23-20-17-14-11-8-3/h21,24,27,30,68-71,76H,6-20,22-23,25-26,28-29,31-67H2,1-5H3,(H,81,82)(H,83,84)/b24-21-,30-27-/t69-,70-,71-/m1/s1. The van der Waals surface area contributed by atoms with Crippen molar-refractivity contribution in [2.45, 2.75) is 387 Å². The molecule has 0 amide bonds. The Hall–Kier alpha value is -2.46. The fraction of sp³-hybridized carbons (Fsp3) is 0.893. The first kappa shape index (κ1) is 91.5. The van der Waals surface area contributed by atoms with Gasteiger partial charge in [0.2, 0.25) is 0 Å². The first-order valence-corrected chi connectivity index (χ1v) is 41.4. The molecular weight excluding hydrogens is 1230 g/mol. The number of aliphatic hydroxyl groups excluding tert-OH is 1. The van der Waals surface area contributed by atoms with E-state index >= 15 is 0 Å². The van der Waals surface area contributed by atoms with Gasteiger partial charge in [0, 0.05) is 25.7 Å². The number of ether oxygens (including phenoxy) is 4. The van der Waals surface area contributed by atoms with Crippen molar-refractivity contribution >= 4 is 39.5 Å². The van der Waals surface area contributed by atoms with Crippen molar-refractivity contribution in [2.24, 2.45) is 5.92 Å². The van der Waals surface area contributed by atoms with Gasteiger partial charge in [0.05, 0.1) is 26.4 Å². The number of allylic oxidation sites excluding steroid dienone is 4. The minimum atomic E-state index is -4.96. The zero-order chi connectivity index (χ0) is 69.1. The maximum atomic E-state index is 13.1. The molecule has 0 saturated heterocycles. The van der Waals surface area contributed by atoms with Gasteiger partial charge in [0.15, 0.2) is 12.2 Å². The molecule has 0 aliphatic carbocycles. The third kappa shape index (κ3) is 68.1. The van der Waals surface area contributed by atoms with E-state index in [1.165, 1.54) is 180 Å². The second kappa shape index (κ2) is 67.7. The number of esters is 4. The van der Waals surface area contributed by atoms with Gasteiger partial charge in [0.1, 0.15) is 19.3 Å². The van der Waals surface area contributed by atoms with Crippen LogP contribution < -0.4 is 0 Å². The predicted molar refractivity (Wildman–Crippen MR) is 381 cm³/mol. The molecule has 0 aromatic heterocycles. The molecule has 19 heteroatoms. The van der Waals surface area contributed by atoms with Crippen LogP contribution in [0.25, 0.3) is 0 Å². The molecule has 0 radical (unpaired) electrons. The number of carbonyl (C=O) groups is 4. The van der Waals surface area contributed by atoms with Gasteiger partial charge in [-0.3, -0.25) is 37.3 Å². The molecule has 94 heavy (non-hydrogen) atoms. The molecule has 17 nitrogen and oxygen atoms in total. The fourth-order valence-corrected chi connectivity index (χ4v) is 12.6. The lowest BCUT2D eigenvalue weighted by atomic mass is 10.0. The van der Waals surface area contributed by atoms with Crippen molar-refractivity contribution < 1.29 is 80.2 Å². The second-order valence-electron chi connectivity index (χ2n) is 26.8. The number of phosphoric ester groups is 2. The van der Waals surface area contributed by atoms with E-state index in [0.717, 1.165) is 109 Å². The maximum Gasteiger partial charge on any atom is 0.472 e. The third-order valence-corrected chi connectivity index (χ3v) is 18.8. The molecule has 5 atom stereocenters. The van der Waals surface area contributed by atoms with Crippen molar-refractivity contribution in [3.05, 3.63) is 24.3 Å². The topological polar surface area (TPSA) is 237 Å². The lowest BCUT2D eigenvalue weighted by molar-refractivity contribution is -0.161. The SMILES string of the molecule is CCCCCC/C=C\C=C/CCCCCCCC(=O)O[C@H](COC(=O)CCCCCCCCCCCCCCCC)COP(=O)(O)OC[C@@H](O)COP(=O)(O)OC[C@@H](COC(=O)CCCCCCCCCCC(C)C)OC(=O)CCCCCCCCCCCCCCCC. The Morgan fingerprint density at radius 3 is 0.872 bits per heavy atom. The average molecular weight is 1380 g/mol. The highest BCUT2D eigenvalue weighted by Crippen LogP contribution is 2.45. The summed E-state index contributed by atoms with van der Waals surface area (Å²) in [6.07, 6.45) is 58.9. The Bertz CT molecular complexity index is 1900. The summed E-state index contributed by atoms with van der Waals surface area (Å²) < 4.78 is 68.5. The highest BCUT2D eigenvalue weighted by Gasteiger charge is 2.30. The maximum absolute atomic E-state index is 13.1. The van der Waals surface area contributed by atoms with Crippen molar-refractivity contribution in [1.29, 1.82) is 0 Å². The highest BCUT2D eigenvalue weighted by molar-refractivity contribution is 7.47. The largest absolute Gasteiger partial charge is 0.472 e. The zero-order valence-electron chi connectivity index (χ0n) is 60.6. The van der Waals surface area contributed by atoms with E-state index in [-0.39, 0.29) is 25.7 Å². The number of rotatable bonds is 73. The van der Waals surface area contributed by atoms with Crippen LogP contribution in [0.5, 0.6) is 0 Å². The molecule has 0 rings (SSSR count). The van der Waals surface area contributed by atoms with E-state index in [4.69, 9.17) is 37.0 Å². The summed E-state index contributed by atoms with van der Waals surface area (Å²) >= 11 is 0. The normalized spacial score (nSPS) is 14.1. The first-order chi connectivity index (χ1) is 45.5. The quantitative estimate of drug-likeness (QED) is 0.0169. The Labute approximate surface area is 573 Å². The van der Waals surface area contributed by atoms with Crippen LogP contribution in [0.3, 0.4) is 0 Å². The van der Waals surface area contributed by atoms with Crippen molar-refractivity contribution in [3.8, 4) is 0 Å². The Kier molecular flexibility index (Phi) is 65.9. The van der Waals surface area contributed by atoms with Crippen LogP contribution >= 0.6 is 15.6 Å². The van der Waals surface area contributed by atoms with E-state index in [2.05, 4.69) is 58.9 Å². The molecule has 0 aromatic rings. The number of unbranched alkanes of at least 4 members (excludes halogenated alkanes) is 42. The average Bonchev–Trinajstić information content (AvgIpc) is 1.35. The third-order valence-electron chi connectivity index (χ3n) is 16.9. The van der Waals surface area contributed by atoms with Gasteiger partial charge in [-0.1, -0.05) is 316 Å². The van der Waals surface area contributed by atoms with Gasteiger partial charge in [-0.2, -0.15) is 0 Å². The van der Waals surface area contributed by atoms with Crippen LogP contribution in [-0.2, 0) is 65.4 Å². The van der Waals surface area contributed by atoms with E-state index in [9.17, 15) is 43.2 Å². The highest BCUT2D eigenvalue weighted by atomic mass is 31.2. The van der Waals surface area contributed by atoms with E-state index in [1.54, 1.807) is 0 Å². The molecule has 2 unspecified atom stereocenters. The van der Waals surface area contributed by atoms with Crippen molar-refractivity contribution in [2.75, 3.05) is 39.6 Å². The number of carbonyl (C=O) groups excluding carboxylic acids is 4. The number of hydrogen-bond acceptors (Lipinski definition) is 15. The number of phosphoric acid groups is 2. The molecule has 0 aliphatic heterocycles. The second-order valence-corrected chi connectivity index (χ2v) is 29.7. The van der Waals surface area contributed by atoms with E-state index < -0.39 is 97.5 Å². The van der Waals surface area contributed by atoms with Crippen molar-refractivity contribution in [3.63, 3.8) is 0 Å². The summed E-state index contributed by atoms with van der Waals surface area (Å²) in [5, 5.41) is 10.6. The Morgan fingerprint density at radius 1 is 0.330 bits per heavy atom. The van der Waals surface area contributed by atoms with Crippen LogP contribution in [-0.4, -0.2) is 96.7 Å². The molecule has 0 saturated carbocycles. The number of hydrogen-bond donors (Lipinski definition) is 3. The number of aliphatic hydroxyl groups is 1.